The minimum absolute atomic E-state index is 0.351. The van der Waals surface area contributed by atoms with Gasteiger partial charge in [0.2, 0.25) is 0 Å². The van der Waals surface area contributed by atoms with Gasteiger partial charge in [-0.25, -0.2) is 4.79 Å². The van der Waals surface area contributed by atoms with Crippen molar-refractivity contribution in [3.63, 3.8) is 0 Å². The number of aliphatic hydroxyl groups is 1. The Morgan fingerprint density at radius 2 is 1.81 bits per heavy atom. The van der Waals surface area contributed by atoms with Gasteiger partial charge in [0.15, 0.2) is 6.10 Å². The number of aliphatic carboxylic acids is 1. The lowest BCUT2D eigenvalue weighted by Crippen LogP contribution is -2.18. The molecule has 0 saturated heterocycles. The zero-order valence-corrected chi connectivity index (χ0v) is 9.30. The SMILES string of the molecule is O=C(O)[C@H](O)CCCCCc1ccccc1. The van der Waals surface area contributed by atoms with Gasteiger partial charge in [-0.1, -0.05) is 43.2 Å². The van der Waals surface area contributed by atoms with E-state index in [4.69, 9.17) is 10.2 Å². The van der Waals surface area contributed by atoms with Crippen LogP contribution < -0.4 is 0 Å². The van der Waals surface area contributed by atoms with Crippen LogP contribution in [0.4, 0.5) is 0 Å². The summed E-state index contributed by atoms with van der Waals surface area (Å²) < 4.78 is 0. The lowest BCUT2D eigenvalue weighted by atomic mass is 10.0. The standard InChI is InChI=1S/C13H18O3/c14-12(13(15)16)10-6-2-5-9-11-7-3-1-4-8-11/h1,3-4,7-8,12,14H,2,5-6,9-10H2,(H,15,16)/t12-/m1/s1. The number of carboxylic acid groups (broad SMARTS) is 1. The fourth-order valence-electron chi connectivity index (χ4n) is 1.61. The van der Waals surface area contributed by atoms with Gasteiger partial charge in [-0.3, -0.25) is 0 Å². The molecule has 0 aliphatic rings. The number of aryl methyl sites for hydroxylation is 1. The zero-order chi connectivity index (χ0) is 11.8. The molecule has 3 heteroatoms. The van der Waals surface area contributed by atoms with Gasteiger partial charge in [-0.05, 0) is 24.8 Å². The summed E-state index contributed by atoms with van der Waals surface area (Å²) >= 11 is 0. The Kier molecular flexibility index (Phi) is 5.57. The summed E-state index contributed by atoms with van der Waals surface area (Å²) in [6, 6.07) is 10.2. The van der Waals surface area contributed by atoms with Crippen molar-refractivity contribution >= 4 is 5.97 Å². The number of rotatable bonds is 7. The number of carbonyl (C=O) groups is 1. The number of benzene rings is 1. The zero-order valence-electron chi connectivity index (χ0n) is 9.30. The van der Waals surface area contributed by atoms with Crippen LogP contribution in [0.5, 0.6) is 0 Å². The van der Waals surface area contributed by atoms with Crippen LogP contribution in [-0.4, -0.2) is 22.3 Å². The number of aliphatic hydroxyl groups excluding tert-OH is 1. The van der Waals surface area contributed by atoms with Crippen LogP contribution in [0.2, 0.25) is 0 Å². The highest BCUT2D eigenvalue weighted by atomic mass is 16.4. The Morgan fingerprint density at radius 1 is 1.12 bits per heavy atom. The predicted octanol–water partition coefficient (Wildman–Crippen LogP) is 2.24. The highest BCUT2D eigenvalue weighted by Crippen LogP contribution is 2.08. The third-order valence-electron chi connectivity index (χ3n) is 2.57. The van der Waals surface area contributed by atoms with Crippen LogP contribution in [0.15, 0.2) is 30.3 Å². The largest absolute Gasteiger partial charge is 0.479 e. The van der Waals surface area contributed by atoms with Gasteiger partial charge in [0.1, 0.15) is 0 Å². The fraction of sp³-hybridized carbons (Fsp3) is 0.462. The number of hydrogen-bond acceptors (Lipinski definition) is 2. The number of carboxylic acids is 1. The van der Waals surface area contributed by atoms with E-state index in [9.17, 15) is 4.79 Å². The Balaban J connectivity index is 2.07. The molecular weight excluding hydrogens is 204 g/mol. The lowest BCUT2D eigenvalue weighted by Gasteiger charge is -2.05. The van der Waals surface area contributed by atoms with Crippen molar-refractivity contribution in [1.29, 1.82) is 0 Å². The summed E-state index contributed by atoms with van der Waals surface area (Å²) in [6.45, 7) is 0. The fourth-order valence-corrected chi connectivity index (χ4v) is 1.61. The average Bonchev–Trinajstić information content (AvgIpc) is 2.29. The quantitative estimate of drug-likeness (QED) is 0.695. The lowest BCUT2D eigenvalue weighted by molar-refractivity contribution is -0.146. The van der Waals surface area contributed by atoms with Crippen molar-refractivity contribution in [2.75, 3.05) is 0 Å². The van der Waals surface area contributed by atoms with E-state index in [-0.39, 0.29) is 0 Å². The Morgan fingerprint density at radius 3 is 2.44 bits per heavy atom. The smallest absolute Gasteiger partial charge is 0.332 e. The molecule has 0 spiro atoms. The van der Waals surface area contributed by atoms with Crippen molar-refractivity contribution < 1.29 is 15.0 Å². The molecule has 88 valence electrons. The Hall–Kier alpha value is -1.35. The average molecular weight is 222 g/mol. The molecule has 0 bridgehead atoms. The molecule has 0 radical (unpaired) electrons. The van der Waals surface area contributed by atoms with E-state index in [0.29, 0.717) is 6.42 Å². The van der Waals surface area contributed by atoms with Crippen molar-refractivity contribution in [1.82, 2.24) is 0 Å². The molecule has 2 N–H and O–H groups in total. The normalized spacial score (nSPS) is 12.3. The summed E-state index contributed by atoms with van der Waals surface area (Å²) in [6.07, 6.45) is 2.93. The van der Waals surface area contributed by atoms with Crippen molar-refractivity contribution in [3.8, 4) is 0 Å². The summed E-state index contributed by atoms with van der Waals surface area (Å²) in [7, 11) is 0. The van der Waals surface area contributed by atoms with Crippen LogP contribution in [0.1, 0.15) is 31.2 Å². The Bertz CT molecular complexity index is 308. The van der Waals surface area contributed by atoms with E-state index < -0.39 is 12.1 Å². The molecule has 0 unspecified atom stereocenters. The summed E-state index contributed by atoms with van der Waals surface area (Å²) in [5.41, 5.74) is 1.31. The molecule has 3 nitrogen and oxygen atoms in total. The van der Waals surface area contributed by atoms with Crippen LogP contribution in [0.3, 0.4) is 0 Å². The third-order valence-corrected chi connectivity index (χ3v) is 2.57. The highest BCUT2D eigenvalue weighted by molar-refractivity contribution is 5.71. The minimum atomic E-state index is -1.20. The van der Waals surface area contributed by atoms with Gasteiger partial charge in [0, 0.05) is 0 Å². The maximum absolute atomic E-state index is 10.3. The molecule has 0 saturated carbocycles. The first-order valence-electron chi connectivity index (χ1n) is 5.65. The summed E-state index contributed by atoms with van der Waals surface area (Å²) in [4.78, 5) is 10.3. The van der Waals surface area contributed by atoms with E-state index in [1.165, 1.54) is 5.56 Å². The monoisotopic (exact) mass is 222 g/mol. The molecule has 0 aliphatic carbocycles. The van der Waals surface area contributed by atoms with E-state index in [0.717, 1.165) is 25.7 Å². The molecule has 1 rings (SSSR count). The van der Waals surface area contributed by atoms with Crippen molar-refractivity contribution in [3.05, 3.63) is 35.9 Å². The second kappa shape index (κ2) is 7.01. The van der Waals surface area contributed by atoms with E-state index >= 15 is 0 Å². The molecule has 0 aromatic heterocycles. The van der Waals surface area contributed by atoms with Crippen molar-refractivity contribution in [2.24, 2.45) is 0 Å². The van der Waals surface area contributed by atoms with Crippen LogP contribution in [-0.2, 0) is 11.2 Å². The van der Waals surface area contributed by atoms with Crippen LogP contribution >= 0.6 is 0 Å². The summed E-state index contributed by atoms with van der Waals surface area (Å²) in [5.74, 6) is -1.12. The topological polar surface area (TPSA) is 57.5 Å². The van der Waals surface area contributed by atoms with Gasteiger partial charge in [0.05, 0.1) is 0 Å². The molecule has 1 aromatic rings. The minimum Gasteiger partial charge on any atom is -0.479 e. The van der Waals surface area contributed by atoms with E-state index in [1.54, 1.807) is 0 Å². The van der Waals surface area contributed by atoms with Gasteiger partial charge in [0.25, 0.3) is 0 Å². The molecule has 0 amide bonds. The third kappa shape index (κ3) is 4.94. The van der Waals surface area contributed by atoms with E-state index in [1.807, 2.05) is 18.2 Å². The molecule has 0 aliphatic heterocycles. The van der Waals surface area contributed by atoms with Crippen LogP contribution in [0, 0.1) is 0 Å². The first-order chi connectivity index (χ1) is 7.70. The van der Waals surface area contributed by atoms with Gasteiger partial charge < -0.3 is 10.2 Å². The first-order valence-corrected chi connectivity index (χ1v) is 5.65. The molecule has 0 fully saturated rings. The molecule has 16 heavy (non-hydrogen) atoms. The molecule has 1 aromatic carbocycles. The van der Waals surface area contributed by atoms with Gasteiger partial charge in [-0.15, -0.1) is 0 Å². The predicted molar refractivity (Wildman–Crippen MR) is 62.3 cm³/mol. The van der Waals surface area contributed by atoms with Gasteiger partial charge in [-0.2, -0.15) is 0 Å². The highest BCUT2D eigenvalue weighted by Gasteiger charge is 2.11. The molecule has 1 atom stereocenters. The first kappa shape index (κ1) is 12.7. The Labute approximate surface area is 95.7 Å². The summed E-state index contributed by atoms with van der Waals surface area (Å²) in [5, 5.41) is 17.5. The molecule has 0 heterocycles. The second-order valence-electron chi connectivity index (χ2n) is 3.94. The van der Waals surface area contributed by atoms with E-state index in [2.05, 4.69) is 12.1 Å². The van der Waals surface area contributed by atoms with Crippen molar-refractivity contribution in [2.45, 2.75) is 38.2 Å². The number of unbranched alkanes of at least 4 members (excludes halogenated alkanes) is 2. The number of hydrogen-bond donors (Lipinski definition) is 2. The maximum Gasteiger partial charge on any atom is 0.332 e. The van der Waals surface area contributed by atoms with Crippen LogP contribution in [0.25, 0.3) is 0 Å². The molecular formula is C13H18O3. The second-order valence-corrected chi connectivity index (χ2v) is 3.94. The van der Waals surface area contributed by atoms with Gasteiger partial charge >= 0.3 is 5.97 Å². The maximum atomic E-state index is 10.3.